The minimum atomic E-state index is -0.872. The summed E-state index contributed by atoms with van der Waals surface area (Å²) in [5, 5.41) is 9.30. The lowest BCUT2D eigenvalue weighted by molar-refractivity contribution is -0.153. The lowest BCUT2D eigenvalue weighted by Gasteiger charge is -2.35. The van der Waals surface area contributed by atoms with Gasteiger partial charge in [0.15, 0.2) is 0 Å². The predicted octanol–water partition coefficient (Wildman–Crippen LogP) is 2.62. The van der Waals surface area contributed by atoms with Crippen LogP contribution in [0.25, 0.3) is 0 Å². The maximum atomic E-state index is 14.3. The summed E-state index contributed by atoms with van der Waals surface area (Å²) in [7, 11) is 0. The molecule has 0 aliphatic carbocycles. The fourth-order valence-electron chi connectivity index (χ4n) is 6.25. The number of aliphatic hydroxyl groups excluding tert-OH is 1. The predicted molar refractivity (Wildman–Crippen MR) is 145 cm³/mol. The van der Waals surface area contributed by atoms with Crippen LogP contribution in [0, 0.1) is 11.8 Å². The van der Waals surface area contributed by atoms with E-state index < -0.39 is 22.6 Å². The van der Waals surface area contributed by atoms with Crippen molar-refractivity contribution in [2.45, 2.75) is 42.7 Å². The topological polar surface area (TPSA) is 90.4 Å². The number of ether oxygens (including phenoxy) is 1. The van der Waals surface area contributed by atoms with Crippen LogP contribution in [0.15, 0.2) is 48.6 Å². The first-order valence-electron chi connectivity index (χ1n) is 13.2. The summed E-state index contributed by atoms with van der Waals surface area (Å²) >= 11 is 1.54. The van der Waals surface area contributed by atoms with E-state index in [1.165, 1.54) is 11.8 Å². The largest absolute Gasteiger partial charge is 0.465 e. The molecule has 4 aliphatic rings. The third-order valence-electron chi connectivity index (χ3n) is 7.97. The van der Waals surface area contributed by atoms with Crippen LogP contribution >= 0.6 is 11.8 Å². The smallest absolute Gasteiger partial charge is 0.311 e. The minimum absolute atomic E-state index is 0.0846. The average molecular weight is 526 g/mol. The summed E-state index contributed by atoms with van der Waals surface area (Å²) in [5.41, 5.74) is 1.87. The Morgan fingerprint density at radius 2 is 1.86 bits per heavy atom. The second-order valence-corrected chi connectivity index (χ2v) is 11.4. The highest BCUT2D eigenvalue weighted by atomic mass is 32.2. The van der Waals surface area contributed by atoms with Crippen LogP contribution in [0.3, 0.4) is 0 Å². The fraction of sp³-hybridized carbons (Fsp3) is 0.536. The zero-order valence-corrected chi connectivity index (χ0v) is 22.2. The van der Waals surface area contributed by atoms with Gasteiger partial charge in [0.05, 0.1) is 23.2 Å². The van der Waals surface area contributed by atoms with Gasteiger partial charge >= 0.3 is 5.97 Å². The number of esters is 1. The number of aliphatic hydroxyl groups is 1. The molecule has 0 bridgehead atoms. The van der Waals surface area contributed by atoms with Gasteiger partial charge in [0.25, 0.3) is 5.91 Å². The molecule has 5 rings (SSSR count). The Bertz CT molecular complexity index is 1100. The first kappa shape index (κ1) is 25.9. The number of carbonyl (C=O) groups is 3. The van der Waals surface area contributed by atoms with Crippen LogP contribution < -0.4 is 9.80 Å². The first-order chi connectivity index (χ1) is 18.0. The highest BCUT2D eigenvalue weighted by molar-refractivity contribution is 8.02. The number of benzene rings is 1. The number of anilines is 2. The zero-order valence-electron chi connectivity index (χ0n) is 21.4. The highest BCUT2D eigenvalue weighted by Gasteiger charge is 2.70. The SMILES string of the molecule is CCN(CC)c1ccc(N2CC=C[C@]34S[C@H]5C=CCCOC(=O)[C@H]5[C@H]3C(=O)N(CCCO)C4C2=O)cc1. The number of nitrogens with zero attached hydrogens (tertiary/aromatic N) is 3. The maximum absolute atomic E-state index is 14.3. The molecule has 37 heavy (non-hydrogen) atoms. The first-order valence-corrected chi connectivity index (χ1v) is 14.1. The molecule has 2 fully saturated rings. The van der Waals surface area contributed by atoms with E-state index >= 15 is 0 Å². The number of likely N-dealkylation sites (tertiary alicyclic amines) is 1. The standard InChI is InChI=1S/C28H35N3O5S/c1-3-29(4-2)19-10-12-20(13-11-19)30-15-7-14-28-23(22-21(37-28)9-5-6-18-36-27(22)35)25(33)31(16-8-17-32)24(28)26(30)34/h5,7,9-14,21-24,32H,3-4,6,8,15-18H2,1-2H3/t21-,22+,23-,24?,28-/m0/s1. The van der Waals surface area contributed by atoms with E-state index in [0.717, 1.165) is 24.5 Å². The minimum Gasteiger partial charge on any atom is -0.465 e. The maximum Gasteiger partial charge on any atom is 0.311 e. The van der Waals surface area contributed by atoms with Crippen molar-refractivity contribution in [3.05, 3.63) is 48.6 Å². The van der Waals surface area contributed by atoms with Gasteiger partial charge in [-0.3, -0.25) is 14.4 Å². The Morgan fingerprint density at radius 1 is 1.11 bits per heavy atom. The van der Waals surface area contributed by atoms with Crippen molar-refractivity contribution < 1.29 is 24.2 Å². The van der Waals surface area contributed by atoms with Gasteiger partial charge in [-0.15, -0.1) is 11.8 Å². The molecular formula is C28H35N3O5S. The molecule has 1 spiro atoms. The third-order valence-corrected chi connectivity index (χ3v) is 9.71. The number of amides is 2. The summed E-state index contributed by atoms with van der Waals surface area (Å²) < 4.78 is 4.63. The van der Waals surface area contributed by atoms with Crippen LogP contribution in [0.1, 0.15) is 26.7 Å². The Morgan fingerprint density at radius 3 is 2.57 bits per heavy atom. The monoisotopic (exact) mass is 525 g/mol. The van der Waals surface area contributed by atoms with E-state index in [0.29, 0.717) is 26.0 Å². The van der Waals surface area contributed by atoms with Crippen molar-refractivity contribution in [2.75, 3.05) is 49.2 Å². The van der Waals surface area contributed by atoms with E-state index in [1.54, 1.807) is 9.80 Å². The van der Waals surface area contributed by atoms with E-state index in [1.807, 2.05) is 48.6 Å². The number of hydrogen-bond acceptors (Lipinski definition) is 7. The molecule has 2 saturated heterocycles. The number of hydrogen-bond donors (Lipinski definition) is 1. The van der Waals surface area contributed by atoms with Crippen LogP contribution in [0.5, 0.6) is 0 Å². The van der Waals surface area contributed by atoms with Gasteiger partial charge in [0.1, 0.15) is 6.04 Å². The summed E-state index contributed by atoms with van der Waals surface area (Å²) in [5.74, 6) is -2.07. The Labute approximate surface area is 222 Å². The number of fused-ring (bicyclic) bond motifs is 2. The van der Waals surface area contributed by atoms with Gasteiger partial charge < -0.3 is 24.5 Å². The van der Waals surface area contributed by atoms with E-state index in [4.69, 9.17) is 4.74 Å². The summed E-state index contributed by atoms with van der Waals surface area (Å²) in [4.78, 5) is 46.9. The third kappa shape index (κ3) is 4.26. The van der Waals surface area contributed by atoms with Crippen LogP contribution in [-0.2, 0) is 19.1 Å². The lowest BCUT2D eigenvalue weighted by Crippen LogP contribution is -2.53. The summed E-state index contributed by atoms with van der Waals surface area (Å²) in [6.45, 7) is 6.86. The number of thioether (sulfide) groups is 1. The second-order valence-electron chi connectivity index (χ2n) is 9.88. The molecule has 1 aromatic carbocycles. The molecule has 4 aliphatic heterocycles. The molecule has 8 nitrogen and oxygen atoms in total. The normalized spacial score (nSPS) is 30.8. The number of cyclic esters (lactones) is 1. The van der Waals surface area contributed by atoms with Gasteiger partial charge in [0.2, 0.25) is 5.91 Å². The van der Waals surface area contributed by atoms with Gasteiger partial charge in [-0.05, 0) is 51.0 Å². The molecule has 1 unspecified atom stereocenters. The van der Waals surface area contributed by atoms with E-state index in [2.05, 4.69) is 18.7 Å². The quantitative estimate of drug-likeness (QED) is 0.432. The Balaban J connectivity index is 1.54. The molecule has 0 radical (unpaired) electrons. The lowest BCUT2D eigenvalue weighted by atomic mass is 9.78. The van der Waals surface area contributed by atoms with Crippen LogP contribution in [-0.4, -0.2) is 83.2 Å². The highest BCUT2D eigenvalue weighted by Crippen LogP contribution is 2.60. The second kappa shape index (κ2) is 10.5. The molecular weight excluding hydrogens is 490 g/mol. The molecule has 1 N–H and O–H groups in total. The summed E-state index contributed by atoms with van der Waals surface area (Å²) in [6.07, 6.45) is 8.98. The molecule has 4 heterocycles. The van der Waals surface area contributed by atoms with Crippen LogP contribution in [0.2, 0.25) is 0 Å². The van der Waals surface area contributed by atoms with Gasteiger partial charge in [-0.1, -0.05) is 24.3 Å². The molecule has 0 aromatic heterocycles. The molecule has 5 atom stereocenters. The fourth-order valence-corrected chi connectivity index (χ4v) is 8.25. The number of rotatable bonds is 7. The molecule has 198 valence electrons. The average Bonchev–Trinajstić information content (AvgIpc) is 3.27. The Hall–Kier alpha value is -2.78. The van der Waals surface area contributed by atoms with Crippen molar-refractivity contribution in [3.63, 3.8) is 0 Å². The van der Waals surface area contributed by atoms with Crippen molar-refractivity contribution in [3.8, 4) is 0 Å². The van der Waals surface area contributed by atoms with Crippen molar-refractivity contribution in [1.29, 1.82) is 0 Å². The van der Waals surface area contributed by atoms with Gasteiger partial charge in [-0.25, -0.2) is 0 Å². The van der Waals surface area contributed by atoms with Crippen molar-refractivity contribution in [1.82, 2.24) is 4.90 Å². The molecule has 0 saturated carbocycles. The zero-order chi connectivity index (χ0) is 26.2. The van der Waals surface area contributed by atoms with Crippen molar-refractivity contribution in [2.24, 2.45) is 11.8 Å². The van der Waals surface area contributed by atoms with Gasteiger partial charge in [0, 0.05) is 49.4 Å². The number of carbonyl (C=O) groups excluding carboxylic acids is 3. The van der Waals surface area contributed by atoms with Crippen LogP contribution in [0.4, 0.5) is 11.4 Å². The van der Waals surface area contributed by atoms with E-state index in [-0.39, 0.29) is 36.2 Å². The molecule has 1 aromatic rings. The Kier molecular flexibility index (Phi) is 7.36. The van der Waals surface area contributed by atoms with Gasteiger partial charge in [-0.2, -0.15) is 0 Å². The summed E-state index contributed by atoms with van der Waals surface area (Å²) in [6, 6.07) is 7.20. The molecule has 9 heteroatoms. The molecule has 2 amide bonds. The van der Waals surface area contributed by atoms with Crippen molar-refractivity contribution >= 4 is 40.9 Å². The van der Waals surface area contributed by atoms with E-state index in [9.17, 15) is 19.5 Å².